The molecule has 1 aliphatic heterocycles. The normalized spacial score (nSPS) is 18.2. The summed E-state index contributed by atoms with van der Waals surface area (Å²) < 4.78 is 28.4. The number of piperidine rings is 1. The summed E-state index contributed by atoms with van der Waals surface area (Å²) in [5.41, 5.74) is 1.12. The first-order chi connectivity index (χ1) is 9.62. The zero-order valence-corrected chi connectivity index (χ0v) is 12.3. The molecule has 0 bridgehead atoms. The molecule has 20 heavy (non-hydrogen) atoms. The molecule has 0 saturated carbocycles. The predicted molar refractivity (Wildman–Crippen MR) is 78.5 cm³/mol. The van der Waals surface area contributed by atoms with Gasteiger partial charge >= 0.3 is 0 Å². The Kier molecular flexibility index (Phi) is 5.54. The molecule has 1 aromatic rings. The second-order valence-corrected chi connectivity index (χ2v) is 6.92. The van der Waals surface area contributed by atoms with Gasteiger partial charge in [-0.05, 0) is 30.7 Å². The van der Waals surface area contributed by atoms with Gasteiger partial charge in [0.15, 0.2) is 0 Å². The van der Waals surface area contributed by atoms with E-state index in [1.54, 1.807) is 0 Å². The van der Waals surface area contributed by atoms with Crippen LogP contribution in [0.4, 0.5) is 0 Å². The second-order valence-electron chi connectivity index (χ2n) is 5.16. The Balaban J connectivity index is 1.79. The fraction of sp³-hybridized carbons (Fsp3) is 0.571. The molecule has 2 N–H and O–H groups in total. The molecule has 1 saturated heterocycles. The maximum absolute atomic E-state index is 12.1. The molecule has 0 amide bonds. The van der Waals surface area contributed by atoms with Gasteiger partial charge in [0, 0.05) is 26.2 Å². The van der Waals surface area contributed by atoms with Crippen LogP contribution in [0.3, 0.4) is 0 Å². The zero-order valence-electron chi connectivity index (χ0n) is 11.5. The highest BCUT2D eigenvalue weighted by Crippen LogP contribution is 2.18. The lowest BCUT2D eigenvalue weighted by molar-refractivity contribution is 0.169. The lowest BCUT2D eigenvalue weighted by Gasteiger charge is -2.30. The van der Waals surface area contributed by atoms with E-state index >= 15 is 0 Å². The topological polar surface area (TPSA) is 69.6 Å². The van der Waals surface area contributed by atoms with Gasteiger partial charge < -0.3 is 5.11 Å². The van der Waals surface area contributed by atoms with E-state index in [4.69, 9.17) is 5.11 Å². The number of hydrogen-bond donors (Lipinski definition) is 2. The fourth-order valence-corrected chi connectivity index (χ4v) is 3.63. The van der Waals surface area contributed by atoms with Crippen molar-refractivity contribution in [2.45, 2.75) is 19.3 Å². The summed E-state index contributed by atoms with van der Waals surface area (Å²) in [6, 6.07) is 9.81. The zero-order chi connectivity index (χ0) is 14.4. The summed E-state index contributed by atoms with van der Waals surface area (Å²) in [6.07, 6.45) is 2.15. The van der Waals surface area contributed by atoms with Gasteiger partial charge in [-0.1, -0.05) is 30.3 Å². The smallest absolute Gasteiger partial charge is 0.279 e. The van der Waals surface area contributed by atoms with Crippen molar-refractivity contribution < 1.29 is 13.5 Å². The van der Waals surface area contributed by atoms with Crippen LogP contribution in [0.2, 0.25) is 0 Å². The van der Waals surface area contributed by atoms with Gasteiger partial charge in [-0.3, -0.25) is 0 Å². The predicted octanol–water partition coefficient (Wildman–Crippen LogP) is 0.768. The van der Waals surface area contributed by atoms with Crippen molar-refractivity contribution in [3.8, 4) is 0 Å². The van der Waals surface area contributed by atoms with Crippen LogP contribution in [0.1, 0.15) is 18.4 Å². The Morgan fingerprint density at radius 1 is 1.20 bits per heavy atom. The van der Waals surface area contributed by atoms with Gasteiger partial charge in [-0.15, -0.1) is 0 Å². The highest BCUT2D eigenvalue weighted by molar-refractivity contribution is 7.87. The monoisotopic (exact) mass is 298 g/mol. The molecule has 0 atom stereocenters. The summed E-state index contributed by atoms with van der Waals surface area (Å²) >= 11 is 0. The first-order valence-corrected chi connectivity index (χ1v) is 8.45. The van der Waals surface area contributed by atoms with Crippen molar-refractivity contribution in [1.82, 2.24) is 9.03 Å². The summed E-state index contributed by atoms with van der Waals surface area (Å²) in [6.45, 7) is 1.54. The van der Waals surface area contributed by atoms with Crippen LogP contribution >= 0.6 is 0 Å². The molecule has 0 aromatic heterocycles. The minimum Gasteiger partial charge on any atom is -0.396 e. The van der Waals surface area contributed by atoms with Gasteiger partial charge in [0.25, 0.3) is 10.2 Å². The molecule has 5 nitrogen and oxygen atoms in total. The first kappa shape index (κ1) is 15.4. The SMILES string of the molecule is O=S(=O)(NCCc1ccccc1)N1CCC(CO)CC1. The quantitative estimate of drug-likeness (QED) is 0.815. The third kappa shape index (κ3) is 4.28. The fourth-order valence-electron chi connectivity index (χ4n) is 2.39. The molecule has 2 rings (SSSR count). The Hall–Kier alpha value is -0.950. The molecule has 0 spiro atoms. The molecule has 6 heteroatoms. The average molecular weight is 298 g/mol. The van der Waals surface area contributed by atoms with E-state index in [0.29, 0.717) is 26.1 Å². The van der Waals surface area contributed by atoms with E-state index in [2.05, 4.69) is 4.72 Å². The van der Waals surface area contributed by atoms with Crippen LogP contribution in [-0.4, -0.2) is 44.1 Å². The molecule has 112 valence electrons. The number of hydrogen-bond acceptors (Lipinski definition) is 3. The van der Waals surface area contributed by atoms with Gasteiger partial charge in [-0.25, -0.2) is 4.72 Å². The molecular formula is C14H22N2O3S. The van der Waals surface area contributed by atoms with Crippen molar-refractivity contribution in [2.24, 2.45) is 5.92 Å². The minimum absolute atomic E-state index is 0.148. The van der Waals surface area contributed by atoms with Gasteiger partial charge in [0.05, 0.1) is 0 Å². The van der Waals surface area contributed by atoms with Crippen LogP contribution < -0.4 is 4.72 Å². The van der Waals surface area contributed by atoms with E-state index < -0.39 is 10.2 Å². The number of aliphatic hydroxyl groups excluding tert-OH is 1. The molecule has 0 aliphatic carbocycles. The largest absolute Gasteiger partial charge is 0.396 e. The van der Waals surface area contributed by atoms with Crippen molar-refractivity contribution in [2.75, 3.05) is 26.2 Å². The Morgan fingerprint density at radius 2 is 1.85 bits per heavy atom. The third-order valence-corrected chi connectivity index (χ3v) is 5.33. The van der Waals surface area contributed by atoms with Crippen molar-refractivity contribution >= 4 is 10.2 Å². The summed E-state index contributed by atoms with van der Waals surface area (Å²) in [7, 11) is -3.38. The molecule has 0 radical (unpaired) electrons. The Labute approximate surface area is 120 Å². The number of nitrogens with one attached hydrogen (secondary N) is 1. The second kappa shape index (κ2) is 7.17. The number of benzene rings is 1. The van der Waals surface area contributed by atoms with E-state index in [1.165, 1.54) is 4.31 Å². The standard InChI is InChI=1S/C14H22N2O3S/c17-12-14-7-10-16(11-8-14)20(18,19)15-9-6-13-4-2-1-3-5-13/h1-5,14-15,17H,6-12H2. The summed E-state index contributed by atoms with van der Waals surface area (Å²) in [5, 5.41) is 9.06. The maximum atomic E-state index is 12.1. The molecule has 0 unspecified atom stereocenters. The Morgan fingerprint density at radius 3 is 2.45 bits per heavy atom. The van der Waals surface area contributed by atoms with Crippen LogP contribution in [0, 0.1) is 5.92 Å². The number of rotatable bonds is 6. The molecule has 1 aliphatic rings. The van der Waals surface area contributed by atoms with Gasteiger partial charge in [0.2, 0.25) is 0 Å². The number of aliphatic hydroxyl groups is 1. The Bertz CT molecular complexity index is 496. The van der Waals surface area contributed by atoms with Gasteiger partial charge in [0.1, 0.15) is 0 Å². The van der Waals surface area contributed by atoms with E-state index in [1.807, 2.05) is 30.3 Å². The third-order valence-electron chi connectivity index (χ3n) is 3.71. The van der Waals surface area contributed by atoms with E-state index in [0.717, 1.165) is 18.4 Å². The molecule has 1 heterocycles. The van der Waals surface area contributed by atoms with E-state index in [-0.39, 0.29) is 12.5 Å². The highest BCUT2D eigenvalue weighted by atomic mass is 32.2. The molecular weight excluding hydrogens is 276 g/mol. The highest BCUT2D eigenvalue weighted by Gasteiger charge is 2.27. The maximum Gasteiger partial charge on any atom is 0.279 e. The van der Waals surface area contributed by atoms with Crippen molar-refractivity contribution in [1.29, 1.82) is 0 Å². The van der Waals surface area contributed by atoms with Crippen LogP contribution in [0.15, 0.2) is 30.3 Å². The molecule has 1 aromatic carbocycles. The lowest BCUT2D eigenvalue weighted by atomic mass is 10.00. The summed E-state index contributed by atoms with van der Waals surface area (Å²) in [5.74, 6) is 0.241. The van der Waals surface area contributed by atoms with Crippen LogP contribution in [0.5, 0.6) is 0 Å². The first-order valence-electron chi connectivity index (χ1n) is 7.01. The van der Waals surface area contributed by atoms with Gasteiger partial charge in [-0.2, -0.15) is 12.7 Å². The van der Waals surface area contributed by atoms with Crippen LogP contribution in [0.25, 0.3) is 0 Å². The number of nitrogens with zero attached hydrogens (tertiary/aromatic N) is 1. The van der Waals surface area contributed by atoms with Crippen molar-refractivity contribution in [3.63, 3.8) is 0 Å². The average Bonchev–Trinajstić information content (AvgIpc) is 2.48. The minimum atomic E-state index is -3.38. The van der Waals surface area contributed by atoms with E-state index in [9.17, 15) is 8.42 Å². The van der Waals surface area contributed by atoms with Crippen molar-refractivity contribution in [3.05, 3.63) is 35.9 Å². The lowest BCUT2D eigenvalue weighted by Crippen LogP contribution is -2.45. The molecule has 1 fully saturated rings. The summed E-state index contributed by atoms with van der Waals surface area (Å²) in [4.78, 5) is 0. The van der Waals surface area contributed by atoms with Crippen LogP contribution in [-0.2, 0) is 16.6 Å².